The van der Waals surface area contributed by atoms with Crippen LogP contribution >= 0.6 is 11.6 Å². The molecule has 1 aliphatic rings. The van der Waals surface area contributed by atoms with Gasteiger partial charge in [-0.15, -0.1) is 0 Å². The van der Waals surface area contributed by atoms with Gasteiger partial charge >= 0.3 is 0 Å². The molecule has 2 nitrogen and oxygen atoms in total. The number of carbonyl (C=O) groups excluding carboxylic acids is 1. The first-order valence-electron chi connectivity index (χ1n) is 6.78. The second-order valence-electron chi connectivity index (χ2n) is 5.21. The normalized spacial score (nSPS) is 16.2. The first-order valence-corrected chi connectivity index (χ1v) is 7.15. The van der Waals surface area contributed by atoms with E-state index >= 15 is 0 Å². The lowest BCUT2D eigenvalue weighted by molar-refractivity contribution is -0.136. The van der Waals surface area contributed by atoms with Crippen molar-refractivity contribution in [2.24, 2.45) is 5.92 Å². The predicted octanol–water partition coefficient (Wildman–Crippen LogP) is 4.02. The van der Waals surface area contributed by atoms with Crippen molar-refractivity contribution in [2.75, 3.05) is 0 Å². The predicted molar refractivity (Wildman–Crippen MR) is 74.4 cm³/mol. The summed E-state index contributed by atoms with van der Waals surface area (Å²) in [5.74, 6) is -0.259. The highest BCUT2D eigenvalue weighted by Gasteiger charge is 2.34. The molecule has 1 amide bonds. The Morgan fingerprint density at radius 3 is 2.74 bits per heavy atom. The van der Waals surface area contributed by atoms with E-state index in [9.17, 15) is 9.18 Å². The summed E-state index contributed by atoms with van der Waals surface area (Å²) in [6.07, 6.45) is 2.82. The van der Waals surface area contributed by atoms with E-state index in [2.05, 4.69) is 0 Å². The summed E-state index contributed by atoms with van der Waals surface area (Å²) in [5.41, 5.74) is 0.424. The zero-order chi connectivity index (χ0) is 14.0. The molecular formula is C15H19ClFNO. The van der Waals surface area contributed by atoms with Crippen molar-refractivity contribution in [3.05, 3.63) is 34.6 Å². The lowest BCUT2D eigenvalue weighted by atomic mass is 10.1. The van der Waals surface area contributed by atoms with Crippen molar-refractivity contribution >= 4 is 17.5 Å². The molecule has 0 aromatic heterocycles. The molecule has 0 radical (unpaired) electrons. The van der Waals surface area contributed by atoms with Gasteiger partial charge in [-0.2, -0.15) is 0 Å². The molecule has 0 bridgehead atoms. The molecule has 0 N–H and O–H groups in total. The van der Waals surface area contributed by atoms with E-state index < -0.39 is 0 Å². The molecule has 1 aromatic rings. The van der Waals surface area contributed by atoms with Crippen LogP contribution in [0.3, 0.4) is 0 Å². The van der Waals surface area contributed by atoms with E-state index in [1.807, 2.05) is 13.8 Å². The quantitative estimate of drug-likeness (QED) is 0.799. The van der Waals surface area contributed by atoms with Crippen LogP contribution in [0.2, 0.25) is 5.02 Å². The molecule has 0 saturated heterocycles. The first-order chi connectivity index (χ1) is 9.04. The molecule has 104 valence electrons. The Morgan fingerprint density at radius 1 is 1.53 bits per heavy atom. The minimum absolute atomic E-state index is 0.0221. The van der Waals surface area contributed by atoms with Crippen LogP contribution in [0, 0.1) is 11.7 Å². The third-order valence-electron chi connectivity index (χ3n) is 3.69. The molecule has 4 heteroatoms. The average molecular weight is 284 g/mol. The Hall–Kier alpha value is -1.09. The highest BCUT2D eigenvalue weighted by Crippen LogP contribution is 2.32. The van der Waals surface area contributed by atoms with E-state index in [-0.39, 0.29) is 30.2 Å². The summed E-state index contributed by atoms with van der Waals surface area (Å²) in [4.78, 5) is 14.1. The van der Waals surface area contributed by atoms with E-state index in [0.717, 1.165) is 19.3 Å². The van der Waals surface area contributed by atoms with Crippen molar-refractivity contribution in [1.29, 1.82) is 0 Å². The summed E-state index contributed by atoms with van der Waals surface area (Å²) in [5, 5.41) is 0.391. The van der Waals surface area contributed by atoms with E-state index in [4.69, 9.17) is 11.6 Å². The second kappa shape index (κ2) is 5.91. The zero-order valence-corrected chi connectivity index (χ0v) is 12.1. The van der Waals surface area contributed by atoms with Gasteiger partial charge < -0.3 is 4.90 Å². The number of amides is 1. The molecule has 1 atom stereocenters. The Balaban J connectivity index is 2.20. The summed E-state index contributed by atoms with van der Waals surface area (Å²) < 4.78 is 13.8. The summed E-state index contributed by atoms with van der Waals surface area (Å²) >= 11 is 6.04. The monoisotopic (exact) mass is 283 g/mol. The van der Waals surface area contributed by atoms with Crippen LogP contribution in [-0.2, 0) is 11.3 Å². The van der Waals surface area contributed by atoms with Crippen molar-refractivity contribution in [3.63, 3.8) is 0 Å². The van der Waals surface area contributed by atoms with Crippen LogP contribution < -0.4 is 0 Å². The maximum Gasteiger partial charge on any atom is 0.225 e. The number of nitrogens with zero attached hydrogens (tertiary/aromatic N) is 1. The molecule has 1 saturated carbocycles. The molecule has 0 heterocycles. The van der Waals surface area contributed by atoms with Gasteiger partial charge in [-0.3, -0.25) is 4.79 Å². The van der Waals surface area contributed by atoms with E-state index in [1.165, 1.54) is 6.07 Å². The Morgan fingerprint density at radius 2 is 2.21 bits per heavy atom. The smallest absolute Gasteiger partial charge is 0.225 e. The van der Waals surface area contributed by atoms with Gasteiger partial charge in [0.05, 0.1) is 6.54 Å². The summed E-state index contributed by atoms with van der Waals surface area (Å²) in [6, 6.07) is 4.90. The van der Waals surface area contributed by atoms with Crippen LogP contribution in [0.5, 0.6) is 0 Å². The Bertz CT molecular complexity index is 453. The highest BCUT2D eigenvalue weighted by atomic mass is 35.5. The largest absolute Gasteiger partial charge is 0.335 e. The molecule has 0 spiro atoms. The standard InChI is InChI=1S/C15H19ClFNO/c1-3-10(2)15(19)18(11-7-8-11)9-12-13(16)5-4-6-14(12)17/h4-6,10-11H,3,7-9H2,1-2H3. The van der Waals surface area contributed by atoms with Gasteiger partial charge in [-0.25, -0.2) is 4.39 Å². The van der Waals surface area contributed by atoms with Gasteiger partial charge in [0.25, 0.3) is 0 Å². The fraction of sp³-hybridized carbons (Fsp3) is 0.533. The van der Waals surface area contributed by atoms with Gasteiger partial charge in [-0.1, -0.05) is 31.5 Å². The third kappa shape index (κ3) is 3.27. The average Bonchev–Trinajstić information content (AvgIpc) is 3.21. The summed E-state index contributed by atoms with van der Waals surface area (Å²) in [7, 11) is 0. The highest BCUT2D eigenvalue weighted by molar-refractivity contribution is 6.31. The molecule has 2 rings (SSSR count). The van der Waals surface area contributed by atoms with Crippen LogP contribution in [-0.4, -0.2) is 16.8 Å². The van der Waals surface area contributed by atoms with Gasteiger partial charge in [0.15, 0.2) is 0 Å². The minimum Gasteiger partial charge on any atom is -0.335 e. The fourth-order valence-electron chi connectivity index (χ4n) is 2.08. The Labute approximate surface area is 118 Å². The maximum atomic E-state index is 13.8. The van der Waals surface area contributed by atoms with Crippen LogP contribution in [0.15, 0.2) is 18.2 Å². The third-order valence-corrected chi connectivity index (χ3v) is 4.05. The minimum atomic E-state index is -0.338. The van der Waals surface area contributed by atoms with Crippen molar-refractivity contribution < 1.29 is 9.18 Å². The molecular weight excluding hydrogens is 265 g/mol. The van der Waals surface area contributed by atoms with Crippen LogP contribution in [0.1, 0.15) is 38.7 Å². The first kappa shape index (κ1) is 14.3. The lowest BCUT2D eigenvalue weighted by Gasteiger charge is -2.26. The van der Waals surface area contributed by atoms with Crippen LogP contribution in [0.25, 0.3) is 0 Å². The van der Waals surface area contributed by atoms with Gasteiger partial charge in [0.2, 0.25) is 5.91 Å². The number of carbonyl (C=O) groups is 1. The van der Waals surface area contributed by atoms with Gasteiger partial charge in [0, 0.05) is 22.5 Å². The zero-order valence-electron chi connectivity index (χ0n) is 11.3. The number of hydrogen-bond donors (Lipinski definition) is 0. The SMILES string of the molecule is CCC(C)C(=O)N(Cc1c(F)cccc1Cl)C1CC1. The van der Waals surface area contributed by atoms with E-state index in [1.54, 1.807) is 17.0 Å². The van der Waals surface area contributed by atoms with Gasteiger partial charge in [-0.05, 0) is 31.4 Å². The van der Waals surface area contributed by atoms with Crippen LogP contribution in [0.4, 0.5) is 4.39 Å². The molecule has 1 aliphatic carbocycles. The number of halogens is 2. The Kier molecular flexibility index (Phi) is 4.46. The topological polar surface area (TPSA) is 20.3 Å². The number of rotatable bonds is 5. The van der Waals surface area contributed by atoms with Crippen molar-refractivity contribution in [2.45, 2.75) is 45.7 Å². The molecule has 1 unspecified atom stereocenters. The lowest BCUT2D eigenvalue weighted by Crippen LogP contribution is -2.36. The fourth-order valence-corrected chi connectivity index (χ4v) is 2.31. The van der Waals surface area contributed by atoms with Crippen molar-refractivity contribution in [1.82, 2.24) is 4.90 Å². The maximum absolute atomic E-state index is 13.8. The molecule has 1 fully saturated rings. The molecule has 0 aliphatic heterocycles. The van der Waals surface area contributed by atoms with Crippen molar-refractivity contribution in [3.8, 4) is 0 Å². The van der Waals surface area contributed by atoms with E-state index in [0.29, 0.717) is 10.6 Å². The number of hydrogen-bond acceptors (Lipinski definition) is 1. The molecule has 19 heavy (non-hydrogen) atoms. The summed E-state index contributed by atoms with van der Waals surface area (Å²) in [6.45, 7) is 4.18. The van der Waals surface area contributed by atoms with Gasteiger partial charge in [0.1, 0.15) is 5.82 Å². The second-order valence-corrected chi connectivity index (χ2v) is 5.61. The molecule has 1 aromatic carbocycles. The number of benzene rings is 1.